The first-order valence-electron chi connectivity index (χ1n) is 10.1. The van der Waals surface area contributed by atoms with E-state index in [1.165, 1.54) is 10.4 Å². The number of amides is 1. The Kier molecular flexibility index (Phi) is 6.88. The van der Waals surface area contributed by atoms with Gasteiger partial charge in [0, 0.05) is 4.88 Å². The predicted molar refractivity (Wildman–Crippen MR) is 114 cm³/mol. The van der Waals surface area contributed by atoms with Gasteiger partial charge in [-0.25, -0.2) is 0 Å². The zero-order chi connectivity index (χ0) is 20.0. The molecule has 1 aromatic heterocycles. The van der Waals surface area contributed by atoms with Crippen molar-refractivity contribution < 1.29 is 4.79 Å². The Bertz CT molecular complexity index is 799. The van der Waals surface area contributed by atoms with Crippen LogP contribution in [0, 0.1) is 11.3 Å². The van der Waals surface area contributed by atoms with Crippen molar-refractivity contribution in [3.63, 3.8) is 0 Å². The summed E-state index contributed by atoms with van der Waals surface area (Å²) in [5.41, 5.74) is 1.76. The number of nitrogens with zero attached hydrogens (tertiary/aromatic N) is 1. The first-order valence-corrected chi connectivity index (χ1v) is 11.0. The van der Waals surface area contributed by atoms with Gasteiger partial charge in [-0.15, -0.1) is 11.3 Å². The van der Waals surface area contributed by atoms with Gasteiger partial charge < -0.3 is 5.32 Å². The topological polar surface area (TPSA) is 64.9 Å². The van der Waals surface area contributed by atoms with Crippen LogP contribution in [0.15, 0.2) is 41.8 Å². The Morgan fingerprint density at radius 1 is 1.14 bits per heavy atom. The smallest absolute Gasteiger partial charge is 0.235 e. The quantitative estimate of drug-likeness (QED) is 0.701. The number of thiophene rings is 1. The zero-order valence-electron chi connectivity index (χ0n) is 16.7. The number of hydrogen-bond donors (Lipinski definition) is 2. The van der Waals surface area contributed by atoms with Gasteiger partial charge in [-0.3, -0.25) is 10.1 Å². The molecule has 1 saturated carbocycles. The van der Waals surface area contributed by atoms with E-state index in [9.17, 15) is 10.1 Å². The van der Waals surface area contributed by atoms with Crippen molar-refractivity contribution >= 4 is 17.2 Å². The third-order valence-corrected chi connectivity index (χ3v) is 6.47. The summed E-state index contributed by atoms with van der Waals surface area (Å²) in [6.45, 7) is 4.56. The lowest BCUT2D eigenvalue weighted by Gasteiger charge is -2.31. The molecule has 148 valence electrons. The maximum absolute atomic E-state index is 12.6. The number of nitriles is 1. The minimum absolute atomic E-state index is 0.0312. The van der Waals surface area contributed by atoms with Gasteiger partial charge in [0.1, 0.15) is 5.54 Å². The maximum Gasteiger partial charge on any atom is 0.235 e. The third kappa shape index (κ3) is 5.01. The summed E-state index contributed by atoms with van der Waals surface area (Å²) < 4.78 is 0. The lowest BCUT2D eigenvalue weighted by Crippen LogP contribution is -2.51. The Morgan fingerprint density at radius 3 is 2.39 bits per heavy atom. The van der Waals surface area contributed by atoms with Crippen LogP contribution in [0.5, 0.6) is 0 Å². The van der Waals surface area contributed by atoms with E-state index in [0.29, 0.717) is 5.92 Å². The maximum atomic E-state index is 12.6. The molecule has 2 N–H and O–H groups in total. The zero-order valence-corrected chi connectivity index (χ0v) is 17.5. The summed E-state index contributed by atoms with van der Waals surface area (Å²) in [5.74, 6) is 0.384. The molecule has 0 bridgehead atoms. The number of nitrogens with one attached hydrogen (secondary N) is 2. The van der Waals surface area contributed by atoms with Crippen molar-refractivity contribution in [2.45, 2.75) is 63.5 Å². The fraction of sp³-hybridized carbons (Fsp3) is 0.478. The molecule has 1 aliphatic rings. The van der Waals surface area contributed by atoms with Crippen molar-refractivity contribution in [2.24, 2.45) is 0 Å². The average Bonchev–Trinajstić information content (AvgIpc) is 3.23. The number of carbonyl (C=O) groups is 1. The second-order valence-electron chi connectivity index (χ2n) is 7.95. The van der Waals surface area contributed by atoms with Crippen molar-refractivity contribution in [3.8, 4) is 6.07 Å². The molecule has 5 heteroatoms. The number of carbonyl (C=O) groups excluding carboxylic acids is 1. The van der Waals surface area contributed by atoms with Crippen LogP contribution in [-0.2, 0) is 4.79 Å². The van der Waals surface area contributed by atoms with E-state index in [-0.39, 0.29) is 18.5 Å². The average molecular weight is 396 g/mol. The Labute approximate surface area is 172 Å². The SMILES string of the molecule is CC(C)c1ccc(C(NCC(=O)NC2(C#N)CCCCC2)c2cccs2)cc1. The summed E-state index contributed by atoms with van der Waals surface area (Å²) >= 11 is 1.68. The molecule has 3 rings (SSSR count). The van der Waals surface area contributed by atoms with E-state index in [1.807, 2.05) is 6.07 Å². The fourth-order valence-corrected chi connectivity index (χ4v) is 4.66. The molecule has 1 fully saturated rings. The number of rotatable bonds is 7. The molecule has 0 saturated heterocycles. The highest BCUT2D eigenvalue weighted by Crippen LogP contribution is 2.29. The Morgan fingerprint density at radius 2 is 1.82 bits per heavy atom. The van der Waals surface area contributed by atoms with Crippen LogP contribution in [0.2, 0.25) is 0 Å². The summed E-state index contributed by atoms with van der Waals surface area (Å²) in [7, 11) is 0. The monoisotopic (exact) mass is 395 g/mol. The second kappa shape index (κ2) is 9.36. The Hall–Kier alpha value is -2.16. The highest BCUT2D eigenvalue weighted by molar-refractivity contribution is 7.10. The van der Waals surface area contributed by atoms with Gasteiger partial charge in [-0.05, 0) is 41.3 Å². The molecule has 1 aromatic carbocycles. The lowest BCUT2D eigenvalue weighted by atomic mass is 9.83. The van der Waals surface area contributed by atoms with Crippen LogP contribution in [0.4, 0.5) is 0 Å². The van der Waals surface area contributed by atoms with Crippen molar-refractivity contribution in [1.29, 1.82) is 5.26 Å². The second-order valence-corrected chi connectivity index (χ2v) is 8.93. The number of benzene rings is 1. The summed E-state index contributed by atoms with van der Waals surface area (Å²) in [5, 5.41) is 18.0. The molecule has 1 unspecified atom stereocenters. The first kappa shape index (κ1) is 20.6. The van der Waals surface area contributed by atoms with Crippen LogP contribution in [0.25, 0.3) is 0 Å². The van der Waals surface area contributed by atoms with Gasteiger partial charge in [0.05, 0.1) is 18.7 Å². The minimum atomic E-state index is -0.686. The minimum Gasteiger partial charge on any atom is -0.337 e. The fourth-order valence-electron chi connectivity index (χ4n) is 3.84. The molecule has 1 atom stereocenters. The normalized spacial score (nSPS) is 17.1. The first-order chi connectivity index (χ1) is 13.5. The molecule has 0 spiro atoms. The van der Waals surface area contributed by atoms with Gasteiger partial charge in [0.2, 0.25) is 5.91 Å². The molecule has 1 heterocycles. The van der Waals surface area contributed by atoms with Crippen LogP contribution in [0.3, 0.4) is 0 Å². The van der Waals surface area contributed by atoms with Gasteiger partial charge in [-0.1, -0.05) is 63.4 Å². The molecule has 1 aliphatic carbocycles. The van der Waals surface area contributed by atoms with Gasteiger partial charge >= 0.3 is 0 Å². The Balaban J connectivity index is 1.69. The van der Waals surface area contributed by atoms with Crippen LogP contribution in [0.1, 0.15) is 73.9 Å². The van der Waals surface area contributed by atoms with E-state index in [4.69, 9.17) is 0 Å². The lowest BCUT2D eigenvalue weighted by molar-refractivity contribution is -0.122. The molecule has 0 radical (unpaired) electrons. The van der Waals surface area contributed by atoms with Crippen LogP contribution < -0.4 is 10.6 Å². The van der Waals surface area contributed by atoms with E-state index < -0.39 is 5.54 Å². The van der Waals surface area contributed by atoms with Gasteiger partial charge in [0.15, 0.2) is 0 Å². The standard InChI is InChI=1S/C23H29N3OS/c1-17(2)18-8-10-19(11-9-18)22(20-7-6-14-28-20)25-15-21(27)26-23(16-24)12-4-3-5-13-23/h6-11,14,17,22,25H,3-5,12-13,15H2,1-2H3,(H,26,27). The molecular formula is C23H29N3OS. The largest absolute Gasteiger partial charge is 0.337 e. The molecule has 28 heavy (non-hydrogen) atoms. The predicted octanol–water partition coefficient (Wildman–Crippen LogP) is 4.89. The van der Waals surface area contributed by atoms with E-state index in [2.05, 4.69) is 66.3 Å². The van der Waals surface area contributed by atoms with Crippen molar-refractivity contribution in [1.82, 2.24) is 10.6 Å². The molecule has 2 aromatic rings. The van der Waals surface area contributed by atoms with Gasteiger partial charge in [0.25, 0.3) is 0 Å². The van der Waals surface area contributed by atoms with Gasteiger partial charge in [-0.2, -0.15) is 5.26 Å². The van der Waals surface area contributed by atoms with E-state index in [1.54, 1.807) is 11.3 Å². The van der Waals surface area contributed by atoms with E-state index >= 15 is 0 Å². The summed E-state index contributed by atoms with van der Waals surface area (Å²) in [6.07, 6.45) is 4.65. The molecular weight excluding hydrogens is 366 g/mol. The van der Waals surface area contributed by atoms with Crippen LogP contribution in [-0.4, -0.2) is 18.0 Å². The summed E-state index contributed by atoms with van der Waals surface area (Å²) in [6, 6.07) is 15.1. The molecule has 4 nitrogen and oxygen atoms in total. The highest BCUT2D eigenvalue weighted by Gasteiger charge is 2.33. The summed E-state index contributed by atoms with van der Waals surface area (Å²) in [4.78, 5) is 13.8. The third-order valence-electron chi connectivity index (χ3n) is 5.53. The van der Waals surface area contributed by atoms with Crippen molar-refractivity contribution in [3.05, 3.63) is 57.8 Å². The molecule has 1 amide bonds. The number of hydrogen-bond acceptors (Lipinski definition) is 4. The van der Waals surface area contributed by atoms with Crippen molar-refractivity contribution in [2.75, 3.05) is 6.54 Å². The van der Waals surface area contributed by atoms with Crippen LogP contribution >= 0.6 is 11.3 Å². The molecule has 0 aliphatic heterocycles. The van der Waals surface area contributed by atoms with E-state index in [0.717, 1.165) is 37.7 Å². The highest BCUT2D eigenvalue weighted by atomic mass is 32.1.